The van der Waals surface area contributed by atoms with Crippen molar-refractivity contribution in [2.45, 2.75) is 4.90 Å². The molecule has 0 saturated heterocycles. The summed E-state index contributed by atoms with van der Waals surface area (Å²) in [6.45, 7) is 0. The second kappa shape index (κ2) is 3.34. The first kappa shape index (κ1) is 7.25. The van der Waals surface area contributed by atoms with Gasteiger partial charge in [0, 0.05) is 0 Å². The maximum absolute atomic E-state index is 4.89. The zero-order chi connectivity index (χ0) is 6.69. The Morgan fingerprint density at radius 2 is 1.78 bits per heavy atom. The number of benzene rings is 1. The first-order chi connectivity index (χ1) is 4.30. The molecule has 0 N–H and O–H groups in total. The molecule has 1 rings (SSSR count). The standard InChI is InChI=1S/C6H6S3/c7-9(8)6-4-2-1-3-5-6/h1-5H,(H,7,8)/p-1. The van der Waals surface area contributed by atoms with Gasteiger partial charge in [0.1, 0.15) is 0 Å². The monoisotopic (exact) mass is 173 g/mol. The molecule has 0 saturated carbocycles. The highest BCUT2D eigenvalue weighted by molar-refractivity contribution is 8.68. The van der Waals surface area contributed by atoms with Crippen molar-refractivity contribution in [1.29, 1.82) is 0 Å². The Bertz CT molecular complexity index is 205. The lowest BCUT2D eigenvalue weighted by Crippen LogP contribution is -1.79. The quantitative estimate of drug-likeness (QED) is 0.467. The molecule has 0 bridgehead atoms. The summed E-state index contributed by atoms with van der Waals surface area (Å²) in [7, 11) is -0.412. The molecule has 48 valence electrons. The minimum Gasteiger partial charge on any atom is -0.707 e. The van der Waals surface area contributed by atoms with E-state index in [1.54, 1.807) is 0 Å². The maximum Gasteiger partial charge on any atom is -0.0118 e. The van der Waals surface area contributed by atoms with Crippen LogP contribution >= 0.6 is 0 Å². The molecule has 0 aliphatic carbocycles. The van der Waals surface area contributed by atoms with Gasteiger partial charge in [-0.25, -0.2) is 8.49 Å². The molecule has 0 aliphatic heterocycles. The van der Waals surface area contributed by atoms with Crippen LogP contribution in [0.2, 0.25) is 0 Å². The van der Waals surface area contributed by atoms with Crippen molar-refractivity contribution in [1.82, 2.24) is 0 Å². The van der Waals surface area contributed by atoms with Gasteiger partial charge in [-0.15, -0.1) is 0 Å². The van der Waals surface area contributed by atoms with Crippen LogP contribution in [0.3, 0.4) is 0 Å². The summed E-state index contributed by atoms with van der Waals surface area (Å²) in [4.78, 5) is 1.07. The fourth-order valence-electron chi connectivity index (χ4n) is 0.532. The van der Waals surface area contributed by atoms with Crippen LogP contribution in [0.5, 0.6) is 0 Å². The van der Waals surface area contributed by atoms with Gasteiger partial charge in [0.2, 0.25) is 0 Å². The molecule has 9 heavy (non-hydrogen) atoms. The number of hydrogen-bond donors (Lipinski definition) is 0. The molecule has 1 unspecified atom stereocenters. The Labute approximate surface area is 66.7 Å². The molecule has 3 heteroatoms. The Hall–Kier alpha value is 0.140. The van der Waals surface area contributed by atoms with Crippen LogP contribution in [0, 0.1) is 0 Å². The molecule has 1 atom stereocenters. The minimum atomic E-state index is -0.412. The van der Waals surface area contributed by atoms with Gasteiger partial charge in [-0.1, -0.05) is 41.5 Å². The lowest BCUT2D eigenvalue weighted by Gasteiger charge is -2.07. The van der Waals surface area contributed by atoms with Gasteiger partial charge in [-0.05, 0) is 4.90 Å². The molecule has 0 aromatic heterocycles. The summed E-state index contributed by atoms with van der Waals surface area (Å²) in [5.74, 6) is 0. The van der Waals surface area contributed by atoms with Crippen LogP contribution in [0.1, 0.15) is 0 Å². The van der Waals surface area contributed by atoms with Crippen LogP contribution < -0.4 is 0 Å². The van der Waals surface area contributed by atoms with E-state index < -0.39 is 8.49 Å². The van der Waals surface area contributed by atoms with Crippen molar-refractivity contribution in [3.05, 3.63) is 30.3 Å². The Morgan fingerprint density at radius 1 is 1.22 bits per heavy atom. The van der Waals surface area contributed by atoms with Gasteiger partial charge in [-0.2, -0.15) is 0 Å². The fraction of sp³-hybridized carbons (Fsp3) is 0. The van der Waals surface area contributed by atoms with E-state index in [0.29, 0.717) is 0 Å². The molecule has 0 spiro atoms. The van der Waals surface area contributed by atoms with Crippen LogP contribution in [-0.4, -0.2) is 0 Å². The predicted molar refractivity (Wildman–Crippen MR) is 46.8 cm³/mol. The second-order valence-corrected chi connectivity index (χ2v) is 5.12. The average Bonchev–Trinajstić information content (AvgIpc) is 1.90. The summed E-state index contributed by atoms with van der Waals surface area (Å²) in [5, 5.41) is 0. The third-order valence-electron chi connectivity index (χ3n) is 0.936. The Morgan fingerprint density at radius 3 is 2.11 bits per heavy atom. The molecule has 0 fully saturated rings. The van der Waals surface area contributed by atoms with Crippen molar-refractivity contribution in [2.24, 2.45) is 0 Å². The average molecular weight is 173 g/mol. The minimum absolute atomic E-state index is 0.412. The molecular formula is C6H5S3-. The zero-order valence-electron chi connectivity index (χ0n) is 4.61. The first-order valence-corrected chi connectivity index (χ1v) is 5.52. The highest BCUT2D eigenvalue weighted by atomic mass is 33.3. The Balaban J connectivity index is 2.98. The van der Waals surface area contributed by atoms with E-state index in [0.717, 1.165) is 4.90 Å². The molecule has 1 aromatic carbocycles. The van der Waals surface area contributed by atoms with E-state index in [1.165, 1.54) is 0 Å². The van der Waals surface area contributed by atoms with Crippen molar-refractivity contribution in [3.63, 3.8) is 0 Å². The number of hydrogen-bond acceptors (Lipinski definition) is 2. The summed E-state index contributed by atoms with van der Waals surface area (Å²) < 4.78 is 0. The lowest BCUT2D eigenvalue weighted by molar-refractivity contribution is 1.47. The summed E-state index contributed by atoms with van der Waals surface area (Å²) >= 11 is 9.78. The molecule has 0 radical (unpaired) electrons. The normalized spacial score (nSPS) is 13.0. The highest BCUT2D eigenvalue weighted by Gasteiger charge is 1.79. The van der Waals surface area contributed by atoms with E-state index in [4.69, 9.17) is 22.8 Å². The van der Waals surface area contributed by atoms with Gasteiger partial charge in [-0.3, -0.25) is 0 Å². The van der Waals surface area contributed by atoms with Crippen LogP contribution in [0.4, 0.5) is 0 Å². The topological polar surface area (TPSA) is 0 Å². The molecule has 0 heterocycles. The summed E-state index contributed by atoms with van der Waals surface area (Å²) in [6.07, 6.45) is 0. The highest BCUT2D eigenvalue weighted by Crippen LogP contribution is 2.02. The van der Waals surface area contributed by atoms with Gasteiger partial charge in [0.05, 0.1) is 0 Å². The van der Waals surface area contributed by atoms with Crippen molar-refractivity contribution < 1.29 is 0 Å². The van der Waals surface area contributed by atoms with Gasteiger partial charge in [0.15, 0.2) is 0 Å². The van der Waals surface area contributed by atoms with Gasteiger partial charge in [0.25, 0.3) is 0 Å². The molecule has 0 amide bonds. The summed E-state index contributed by atoms with van der Waals surface area (Å²) in [5.41, 5.74) is 0. The maximum atomic E-state index is 4.89. The SMILES string of the molecule is S=S([S-])c1ccccc1. The van der Waals surface area contributed by atoms with Crippen molar-refractivity contribution in [3.8, 4) is 0 Å². The third kappa shape index (κ3) is 2.08. The zero-order valence-corrected chi connectivity index (χ0v) is 7.06. The van der Waals surface area contributed by atoms with Crippen molar-refractivity contribution >= 4 is 31.3 Å². The predicted octanol–water partition coefficient (Wildman–Crippen LogP) is 1.59. The molecule has 1 aromatic rings. The summed E-state index contributed by atoms with van der Waals surface area (Å²) in [6, 6.07) is 9.79. The fourth-order valence-corrected chi connectivity index (χ4v) is 1.58. The van der Waals surface area contributed by atoms with Crippen LogP contribution in [0.15, 0.2) is 35.2 Å². The lowest BCUT2D eigenvalue weighted by atomic mass is 10.4. The van der Waals surface area contributed by atoms with Gasteiger partial charge >= 0.3 is 0 Å². The molecule has 0 nitrogen and oxygen atoms in total. The second-order valence-electron chi connectivity index (χ2n) is 1.55. The first-order valence-electron chi connectivity index (χ1n) is 2.45. The molecular weight excluding hydrogens is 168 g/mol. The number of rotatable bonds is 1. The van der Waals surface area contributed by atoms with E-state index >= 15 is 0 Å². The van der Waals surface area contributed by atoms with Crippen molar-refractivity contribution in [2.75, 3.05) is 0 Å². The van der Waals surface area contributed by atoms with E-state index in [2.05, 4.69) is 0 Å². The van der Waals surface area contributed by atoms with E-state index in [1.807, 2.05) is 30.3 Å². The molecule has 0 aliphatic rings. The largest absolute Gasteiger partial charge is 0.707 e. The van der Waals surface area contributed by atoms with Crippen LogP contribution in [0.25, 0.3) is 0 Å². The third-order valence-corrected chi connectivity index (χ3v) is 2.75. The Kier molecular flexibility index (Phi) is 2.69. The van der Waals surface area contributed by atoms with E-state index in [-0.39, 0.29) is 0 Å². The van der Waals surface area contributed by atoms with Crippen LogP contribution in [-0.2, 0) is 31.3 Å². The smallest absolute Gasteiger partial charge is 0.0118 e. The van der Waals surface area contributed by atoms with Gasteiger partial charge < -0.3 is 11.7 Å². The van der Waals surface area contributed by atoms with E-state index in [9.17, 15) is 0 Å².